The number of piperidine rings is 1. The van der Waals surface area contributed by atoms with Gasteiger partial charge in [-0.1, -0.05) is 68.8 Å². The number of anilines is 1. The van der Waals surface area contributed by atoms with Crippen molar-refractivity contribution in [1.82, 2.24) is 4.31 Å². The van der Waals surface area contributed by atoms with Crippen molar-refractivity contribution >= 4 is 27.6 Å². The fraction of sp³-hybridized carbons (Fsp3) is 0.375. The van der Waals surface area contributed by atoms with Crippen LogP contribution in [0.4, 0.5) is 5.69 Å². The molecule has 1 aliphatic heterocycles. The maximum Gasteiger partial charge on any atom is 0.300 e. The van der Waals surface area contributed by atoms with Crippen LogP contribution in [0.1, 0.15) is 67.6 Å². The highest BCUT2D eigenvalue weighted by molar-refractivity contribution is 7.89. The van der Waals surface area contributed by atoms with E-state index in [1.165, 1.54) is 24.7 Å². The van der Waals surface area contributed by atoms with E-state index in [2.05, 4.69) is 30.1 Å². The molecule has 3 aromatic rings. The van der Waals surface area contributed by atoms with Crippen LogP contribution in [0.15, 0.2) is 77.7 Å². The molecule has 9 heteroatoms. The molecule has 8 nitrogen and oxygen atoms in total. The Morgan fingerprint density at radius 3 is 1.90 bits per heavy atom. The molecule has 1 heterocycles. The summed E-state index contributed by atoms with van der Waals surface area (Å²) in [6.07, 6.45) is 1.54. The van der Waals surface area contributed by atoms with E-state index in [9.17, 15) is 13.2 Å². The largest absolute Gasteiger partial charge is 0.481 e. The molecule has 41 heavy (non-hydrogen) atoms. The number of benzene rings is 3. The number of aryl methyl sites for hydroxylation is 2. The van der Waals surface area contributed by atoms with E-state index in [4.69, 9.17) is 9.90 Å². The fourth-order valence-electron chi connectivity index (χ4n) is 4.42. The predicted octanol–water partition coefficient (Wildman–Crippen LogP) is 5.99. The number of rotatable bonds is 5. The topological polar surface area (TPSA) is 130 Å². The number of sulfonamides is 1. The molecule has 0 aliphatic carbocycles. The second kappa shape index (κ2) is 16.7. The molecular weight excluding hydrogens is 538 g/mol. The minimum atomic E-state index is -3.61. The van der Waals surface area contributed by atoms with Crippen LogP contribution in [0.25, 0.3) is 0 Å². The van der Waals surface area contributed by atoms with Gasteiger partial charge in [-0.2, -0.15) is 4.31 Å². The minimum Gasteiger partial charge on any atom is -0.481 e. The first-order chi connectivity index (χ1) is 19.4. The summed E-state index contributed by atoms with van der Waals surface area (Å²) in [4.78, 5) is 21.9. The molecule has 0 radical (unpaired) electrons. The smallest absolute Gasteiger partial charge is 0.300 e. The van der Waals surface area contributed by atoms with Gasteiger partial charge in [-0.05, 0) is 80.6 Å². The molecule has 0 atom stereocenters. The van der Waals surface area contributed by atoms with E-state index in [0.29, 0.717) is 18.7 Å². The molecule has 1 amide bonds. The molecule has 4 rings (SSSR count). The van der Waals surface area contributed by atoms with Gasteiger partial charge in [-0.15, -0.1) is 0 Å². The standard InChI is InChI=1S/C27H30N2O3S.C2H4O2.C2H6.CH5N/c1-20-9-14-25(21(2)19-20)28-26(30)22-10-12-24(13-11-22)33(31,32)29-17-15-27(3,16-18-29)23-7-5-4-6-8-23;1-2(3)4;2*1-2/h4-14,19H,15-18H2,1-3H3,(H,28,30);1H3,(H,3,4);1-2H3;2H2,1H3. The van der Waals surface area contributed by atoms with Crippen molar-refractivity contribution in [2.45, 2.75) is 64.7 Å². The SMILES string of the molecule is CC.CC(=O)O.CN.Cc1ccc(NC(=O)c2ccc(S(=O)(=O)N3CCC(C)(c4ccccc4)CC3)cc2)c(C)c1. The summed E-state index contributed by atoms with van der Waals surface area (Å²) in [5, 5.41) is 10.3. The molecule has 1 fully saturated rings. The number of amides is 1. The zero-order valence-corrected chi connectivity index (χ0v) is 26.1. The highest BCUT2D eigenvalue weighted by atomic mass is 32.2. The van der Waals surface area contributed by atoms with Gasteiger partial charge < -0.3 is 16.2 Å². The van der Waals surface area contributed by atoms with Crippen molar-refractivity contribution < 1.29 is 23.1 Å². The minimum absolute atomic E-state index is 0.0245. The van der Waals surface area contributed by atoms with Crippen LogP contribution in [0.5, 0.6) is 0 Å². The van der Waals surface area contributed by atoms with Gasteiger partial charge in [0.15, 0.2) is 0 Å². The normalized spacial score (nSPS) is 14.0. The van der Waals surface area contributed by atoms with Gasteiger partial charge in [0.1, 0.15) is 0 Å². The molecule has 0 aromatic heterocycles. The van der Waals surface area contributed by atoms with Crippen molar-refractivity contribution in [2.24, 2.45) is 5.73 Å². The number of hydrogen-bond acceptors (Lipinski definition) is 5. The summed E-state index contributed by atoms with van der Waals surface area (Å²) in [5.74, 6) is -1.09. The highest BCUT2D eigenvalue weighted by Gasteiger charge is 2.36. The first-order valence-electron chi connectivity index (χ1n) is 13.7. The Labute approximate surface area is 245 Å². The molecular formula is C32H45N3O5S. The second-order valence-electron chi connectivity index (χ2n) is 9.65. The zero-order chi connectivity index (χ0) is 31.2. The lowest BCUT2D eigenvalue weighted by molar-refractivity contribution is -0.134. The van der Waals surface area contributed by atoms with Crippen molar-refractivity contribution in [3.63, 3.8) is 0 Å². The number of carboxylic acids is 1. The highest BCUT2D eigenvalue weighted by Crippen LogP contribution is 2.36. The third-order valence-corrected chi connectivity index (χ3v) is 8.59. The number of nitrogens with zero attached hydrogens (tertiary/aromatic N) is 1. The maximum atomic E-state index is 13.2. The third-order valence-electron chi connectivity index (χ3n) is 6.68. The monoisotopic (exact) mass is 583 g/mol. The van der Waals surface area contributed by atoms with Crippen molar-refractivity contribution in [2.75, 3.05) is 25.5 Å². The molecule has 3 aromatic carbocycles. The maximum absolute atomic E-state index is 13.2. The molecule has 1 saturated heterocycles. The van der Waals surface area contributed by atoms with Gasteiger partial charge >= 0.3 is 0 Å². The van der Waals surface area contributed by atoms with Crippen LogP contribution in [0.3, 0.4) is 0 Å². The summed E-state index contributed by atoms with van der Waals surface area (Å²) in [7, 11) is -2.11. The number of hydrogen-bond donors (Lipinski definition) is 3. The van der Waals surface area contributed by atoms with Crippen molar-refractivity contribution in [1.29, 1.82) is 0 Å². The van der Waals surface area contributed by atoms with E-state index in [1.54, 1.807) is 16.4 Å². The van der Waals surface area contributed by atoms with Gasteiger partial charge in [0.05, 0.1) is 4.90 Å². The van der Waals surface area contributed by atoms with Crippen molar-refractivity contribution in [3.05, 3.63) is 95.1 Å². The number of aliphatic carboxylic acids is 1. The Balaban J connectivity index is 0.000000950. The lowest BCUT2D eigenvalue weighted by atomic mass is 9.75. The van der Waals surface area contributed by atoms with Crippen LogP contribution in [-0.2, 0) is 20.2 Å². The van der Waals surface area contributed by atoms with Crippen LogP contribution in [0.2, 0.25) is 0 Å². The fourth-order valence-corrected chi connectivity index (χ4v) is 5.87. The van der Waals surface area contributed by atoms with Gasteiger partial charge in [-0.25, -0.2) is 8.42 Å². The average Bonchev–Trinajstić information content (AvgIpc) is 2.97. The van der Waals surface area contributed by atoms with Gasteiger partial charge in [0.25, 0.3) is 11.9 Å². The van der Waals surface area contributed by atoms with E-state index >= 15 is 0 Å². The van der Waals surface area contributed by atoms with Gasteiger partial charge in [0, 0.05) is 31.3 Å². The molecule has 224 valence electrons. The Hall–Kier alpha value is -3.53. The molecule has 0 unspecified atom stereocenters. The summed E-state index contributed by atoms with van der Waals surface area (Å²) in [6.45, 7) is 12.2. The summed E-state index contributed by atoms with van der Waals surface area (Å²) in [5.41, 5.74) is 9.00. The van der Waals surface area contributed by atoms with E-state index in [1.807, 2.05) is 64.1 Å². The van der Waals surface area contributed by atoms with Crippen LogP contribution in [0, 0.1) is 13.8 Å². The zero-order valence-electron chi connectivity index (χ0n) is 25.3. The number of nitrogens with two attached hydrogens (primary N) is 1. The number of carboxylic acid groups (broad SMARTS) is 1. The molecule has 4 N–H and O–H groups in total. The van der Waals surface area contributed by atoms with Crippen LogP contribution >= 0.6 is 0 Å². The Morgan fingerprint density at radius 2 is 1.41 bits per heavy atom. The summed E-state index contributed by atoms with van der Waals surface area (Å²) in [6, 6.07) is 22.3. The summed E-state index contributed by atoms with van der Waals surface area (Å²) < 4.78 is 28.0. The van der Waals surface area contributed by atoms with E-state index < -0.39 is 16.0 Å². The first-order valence-corrected chi connectivity index (χ1v) is 15.2. The van der Waals surface area contributed by atoms with Gasteiger partial charge in [-0.3, -0.25) is 9.59 Å². The quantitative estimate of drug-likeness (QED) is 0.338. The predicted molar refractivity (Wildman–Crippen MR) is 167 cm³/mol. The Morgan fingerprint density at radius 1 is 0.902 bits per heavy atom. The lowest BCUT2D eigenvalue weighted by Gasteiger charge is -2.39. The first kappa shape index (κ1) is 35.5. The summed E-state index contributed by atoms with van der Waals surface area (Å²) >= 11 is 0. The molecule has 0 saturated carbocycles. The van der Waals surface area contributed by atoms with Crippen LogP contribution in [-0.4, -0.2) is 49.8 Å². The van der Waals surface area contributed by atoms with E-state index in [0.717, 1.165) is 36.6 Å². The molecule has 0 spiro atoms. The molecule has 1 aliphatic rings. The van der Waals surface area contributed by atoms with E-state index in [-0.39, 0.29) is 16.2 Å². The number of carbonyl (C=O) groups is 2. The lowest BCUT2D eigenvalue weighted by Crippen LogP contribution is -2.43. The van der Waals surface area contributed by atoms with Crippen molar-refractivity contribution in [3.8, 4) is 0 Å². The molecule has 0 bridgehead atoms. The van der Waals surface area contributed by atoms with Gasteiger partial charge in [0.2, 0.25) is 10.0 Å². The Kier molecular flexibility index (Phi) is 14.4. The second-order valence-corrected chi connectivity index (χ2v) is 11.6. The number of carbonyl (C=O) groups excluding carboxylic acids is 1. The van der Waals surface area contributed by atoms with Crippen LogP contribution < -0.4 is 11.1 Å². The Bertz CT molecular complexity index is 1350. The third kappa shape index (κ3) is 10.1. The average molecular weight is 584 g/mol. The number of nitrogens with one attached hydrogen (secondary N) is 1.